The van der Waals surface area contributed by atoms with Crippen LogP contribution in [0, 0.1) is 11.8 Å². The molecule has 1 nitrogen and oxygen atoms in total. The first-order valence-corrected chi connectivity index (χ1v) is 10.5. The molecule has 0 saturated heterocycles. The molecule has 0 aliphatic heterocycles. The first kappa shape index (κ1) is 14.3. The summed E-state index contributed by atoms with van der Waals surface area (Å²) in [6, 6.07) is 0. The van der Waals surface area contributed by atoms with Gasteiger partial charge in [0, 0.05) is 6.10 Å². The van der Waals surface area contributed by atoms with Crippen molar-refractivity contribution in [3.63, 3.8) is 0 Å². The first-order chi connectivity index (χ1) is 8.21. The number of fused-ring (bicyclic) bond motifs is 1. The summed E-state index contributed by atoms with van der Waals surface area (Å²) in [5, 5.41) is 0.334. The number of rotatable bonds is 2. The van der Waals surface area contributed by atoms with Crippen molar-refractivity contribution in [3.05, 3.63) is 11.6 Å². The molecule has 0 spiro atoms. The predicted molar refractivity (Wildman–Crippen MR) is 81.3 cm³/mol. The zero-order valence-corrected chi connectivity index (χ0v) is 14.0. The monoisotopic (exact) mass is 266 g/mol. The van der Waals surface area contributed by atoms with Crippen molar-refractivity contribution in [2.45, 2.75) is 77.6 Å². The summed E-state index contributed by atoms with van der Waals surface area (Å²) in [4.78, 5) is 0. The maximum absolute atomic E-state index is 6.71. The molecule has 0 radical (unpaired) electrons. The summed E-state index contributed by atoms with van der Waals surface area (Å²) < 4.78 is 6.71. The maximum Gasteiger partial charge on any atom is 0.192 e. The minimum Gasteiger partial charge on any atom is -0.414 e. The van der Waals surface area contributed by atoms with E-state index in [1.165, 1.54) is 25.7 Å². The Morgan fingerprint density at radius 3 is 2.50 bits per heavy atom. The van der Waals surface area contributed by atoms with E-state index in [9.17, 15) is 0 Å². The van der Waals surface area contributed by atoms with Crippen LogP contribution in [0.25, 0.3) is 0 Å². The van der Waals surface area contributed by atoms with E-state index in [1.807, 2.05) is 0 Å². The molecule has 0 aromatic carbocycles. The minimum absolute atomic E-state index is 0.334. The molecule has 0 amide bonds. The summed E-state index contributed by atoms with van der Waals surface area (Å²) in [6.07, 6.45) is 8.35. The van der Waals surface area contributed by atoms with Gasteiger partial charge in [0.25, 0.3) is 0 Å². The highest BCUT2D eigenvalue weighted by atomic mass is 28.4. The second-order valence-electron chi connectivity index (χ2n) is 7.89. The third kappa shape index (κ3) is 2.75. The maximum atomic E-state index is 6.71. The van der Waals surface area contributed by atoms with Crippen molar-refractivity contribution in [1.82, 2.24) is 0 Å². The Morgan fingerprint density at radius 2 is 1.89 bits per heavy atom. The van der Waals surface area contributed by atoms with Crippen molar-refractivity contribution >= 4 is 8.32 Å². The smallest absolute Gasteiger partial charge is 0.192 e. The lowest BCUT2D eigenvalue weighted by Crippen LogP contribution is -2.47. The Hall–Kier alpha value is -0.0831. The van der Waals surface area contributed by atoms with Gasteiger partial charge >= 0.3 is 0 Å². The predicted octanol–water partition coefficient (Wildman–Crippen LogP) is 5.14. The van der Waals surface area contributed by atoms with Crippen molar-refractivity contribution in [3.8, 4) is 0 Å². The van der Waals surface area contributed by atoms with Gasteiger partial charge in [-0.05, 0) is 56.2 Å². The van der Waals surface area contributed by atoms with Gasteiger partial charge < -0.3 is 4.43 Å². The highest BCUT2D eigenvalue weighted by molar-refractivity contribution is 6.74. The third-order valence-corrected chi connectivity index (χ3v) is 9.87. The van der Waals surface area contributed by atoms with Crippen LogP contribution in [-0.4, -0.2) is 14.4 Å². The molecule has 0 aromatic heterocycles. The Kier molecular flexibility index (Phi) is 3.81. The van der Waals surface area contributed by atoms with Crippen LogP contribution in [-0.2, 0) is 4.43 Å². The molecule has 0 heterocycles. The normalized spacial score (nSPS) is 33.2. The van der Waals surface area contributed by atoms with Crippen molar-refractivity contribution in [2.24, 2.45) is 11.8 Å². The highest BCUT2D eigenvalue weighted by Crippen LogP contribution is 2.45. The molecule has 0 aromatic rings. The lowest BCUT2D eigenvalue weighted by molar-refractivity contribution is 0.0631. The van der Waals surface area contributed by atoms with E-state index in [0.717, 1.165) is 11.8 Å². The van der Waals surface area contributed by atoms with Crippen LogP contribution in [0.3, 0.4) is 0 Å². The second-order valence-corrected chi connectivity index (χ2v) is 12.6. The molecule has 3 atom stereocenters. The number of hydrogen-bond donors (Lipinski definition) is 0. The lowest BCUT2D eigenvalue weighted by atomic mass is 9.79. The molecule has 104 valence electrons. The summed E-state index contributed by atoms with van der Waals surface area (Å²) in [5.74, 6) is 1.60. The van der Waals surface area contributed by atoms with Gasteiger partial charge in [-0.1, -0.05) is 38.8 Å². The summed E-state index contributed by atoms with van der Waals surface area (Å²) >= 11 is 0. The van der Waals surface area contributed by atoms with Crippen LogP contribution in [0.5, 0.6) is 0 Å². The largest absolute Gasteiger partial charge is 0.414 e. The van der Waals surface area contributed by atoms with Crippen LogP contribution in [0.4, 0.5) is 0 Å². The fraction of sp³-hybridized carbons (Fsp3) is 0.875. The Balaban J connectivity index is 2.06. The molecule has 1 saturated carbocycles. The van der Waals surface area contributed by atoms with Crippen LogP contribution < -0.4 is 0 Å². The molecule has 0 bridgehead atoms. The third-order valence-electron chi connectivity index (χ3n) is 5.36. The van der Waals surface area contributed by atoms with E-state index in [1.54, 1.807) is 5.57 Å². The molecule has 2 aliphatic rings. The molecule has 3 unspecified atom stereocenters. The second kappa shape index (κ2) is 4.79. The summed E-state index contributed by atoms with van der Waals surface area (Å²) in [6.45, 7) is 14.1. The first-order valence-electron chi connectivity index (χ1n) is 7.56. The zero-order chi connectivity index (χ0) is 13.6. The fourth-order valence-electron chi connectivity index (χ4n) is 3.26. The molecular weight excluding hydrogens is 236 g/mol. The standard InChI is InChI=1S/C16H30OSi/c1-12-10-13-8-7-9-15(14(13)11-12)17-18(5,6)16(2,3)4/h10,13-15H,7-9,11H2,1-6H3. The Morgan fingerprint density at radius 1 is 1.22 bits per heavy atom. The van der Waals surface area contributed by atoms with Crippen LogP contribution in [0.15, 0.2) is 11.6 Å². The van der Waals surface area contributed by atoms with E-state index in [4.69, 9.17) is 4.43 Å². The number of hydrogen-bond acceptors (Lipinski definition) is 1. The van der Waals surface area contributed by atoms with Crippen LogP contribution >= 0.6 is 0 Å². The van der Waals surface area contributed by atoms with Gasteiger partial charge in [0.1, 0.15) is 0 Å². The van der Waals surface area contributed by atoms with Crippen molar-refractivity contribution in [2.75, 3.05) is 0 Å². The Bertz CT molecular complexity index is 337. The van der Waals surface area contributed by atoms with E-state index < -0.39 is 8.32 Å². The SMILES string of the molecule is CC1=CC2CCCC(O[Si](C)(C)C(C)(C)C)C2C1. The average Bonchev–Trinajstić information content (AvgIpc) is 2.57. The van der Waals surface area contributed by atoms with Crippen molar-refractivity contribution < 1.29 is 4.43 Å². The average molecular weight is 267 g/mol. The molecule has 2 heteroatoms. The summed E-state index contributed by atoms with van der Waals surface area (Å²) in [5.41, 5.74) is 1.59. The zero-order valence-electron chi connectivity index (χ0n) is 13.0. The van der Waals surface area contributed by atoms with E-state index in [2.05, 4.69) is 46.9 Å². The fourth-order valence-corrected chi connectivity index (χ4v) is 4.66. The molecule has 2 rings (SSSR count). The van der Waals surface area contributed by atoms with Crippen LogP contribution in [0.2, 0.25) is 18.1 Å². The molecule has 0 N–H and O–H groups in total. The van der Waals surface area contributed by atoms with Gasteiger partial charge in [0.2, 0.25) is 0 Å². The quantitative estimate of drug-likeness (QED) is 0.496. The highest BCUT2D eigenvalue weighted by Gasteiger charge is 2.43. The molecule has 1 fully saturated rings. The molecule has 2 aliphatic carbocycles. The van der Waals surface area contributed by atoms with Crippen LogP contribution in [0.1, 0.15) is 53.4 Å². The van der Waals surface area contributed by atoms with Gasteiger partial charge in [-0.15, -0.1) is 0 Å². The van der Waals surface area contributed by atoms with E-state index in [-0.39, 0.29) is 0 Å². The minimum atomic E-state index is -1.60. The van der Waals surface area contributed by atoms with E-state index >= 15 is 0 Å². The van der Waals surface area contributed by atoms with E-state index in [0.29, 0.717) is 11.1 Å². The van der Waals surface area contributed by atoms with Gasteiger partial charge in [0.15, 0.2) is 8.32 Å². The molecule has 18 heavy (non-hydrogen) atoms. The lowest BCUT2D eigenvalue weighted by Gasteiger charge is -2.43. The van der Waals surface area contributed by atoms with Gasteiger partial charge in [-0.25, -0.2) is 0 Å². The Labute approximate surface area is 114 Å². The summed E-state index contributed by atoms with van der Waals surface area (Å²) in [7, 11) is -1.60. The van der Waals surface area contributed by atoms with Gasteiger partial charge in [0.05, 0.1) is 0 Å². The molecular formula is C16H30OSi. The number of allylic oxidation sites excluding steroid dienone is 2. The van der Waals surface area contributed by atoms with Crippen molar-refractivity contribution in [1.29, 1.82) is 0 Å². The van der Waals surface area contributed by atoms with Gasteiger partial charge in [-0.3, -0.25) is 0 Å². The van der Waals surface area contributed by atoms with Gasteiger partial charge in [-0.2, -0.15) is 0 Å². The topological polar surface area (TPSA) is 9.23 Å².